The summed E-state index contributed by atoms with van der Waals surface area (Å²) in [5, 5.41) is 0. The van der Waals surface area contributed by atoms with E-state index in [9.17, 15) is 8.78 Å². The molecular formula is C12H10Br2F2N2S. The van der Waals surface area contributed by atoms with E-state index in [-0.39, 0.29) is 18.0 Å². The van der Waals surface area contributed by atoms with Crippen molar-refractivity contribution in [3.63, 3.8) is 0 Å². The average Bonchev–Trinajstić information content (AvgIpc) is 2.69. The largest absolute Gasteiger partial charge is 0.271 e. The first-order valence-electron chi connectivity index (χ1n) is 5.36. The molecule has 0 fully saturated rings. The maximum atomic E-state index is 13.6. The Morgan fingerprint density at radius 3 is 2.37 bits per heavy atom. The SMILES string of the molecule is NNC(Cc1c(F)cccc1F)c1cc(Br)c(Br)s1. The van der Waals surface area contributed by atoms with Gasteiger partial charge in [0.1, 0.15) is 11.6 Å². The van der Waals surface area contributed by atoms with Crippen LogP contribution in [0.5, 0.6) is 0 Å². The molecule has 0 amide bonds. The first-order chi connectivity index (χ1) is 9.02. The van der Waals surface area contributed by atoms with Crippen LogP contribution in [0.2, 0.25) is 0 Å². The molecule has 1 aromatic heterocycles. The molecule has 1 atom stereocenters. The summed E-state index contributed by atoms with van der Waals surface area (Å²) in [4.78, 5) is 0.893. The number of benzene rings is 1. The first kappa shape index (κ1) is 15.1. The zero-order valence-electron chi connectivity index (χ0n) is 9.59. The fourth-order valence-corrected chi connectivity index (χ4v) is 3.86. The average molecular weight is 412 g/mol. The Bertz CT molecular complexity index is 549. The molecule has 102 valence electrons. The number of nitrogens with two attached hydrogens (primary N) is 1. The highest BCUT2D eigenvalue weighted by molar-refractivity contribution is 9.13. The van der Waals surface area contributed by atoms with Crippen molar-refractivity contribution in [2.75, 3.05) is 0 Å². The lowest BCUT2D eigenvalue weighted by Crippen LogP contribution is -2.29. The second-order valence-electron chi connectivity index (χ2n) is 3.89. The molecular weight excluding hydrogens is 402 g/mol. The fourth-order valence-electron chi connectivity index (χ4n) is 1.71. The van der Waals surface area contributed by atoms with Gasteiger partial charge in [0.2, 0.25) is 0 Å². The molecule has 0 spiro atoms. The Kier molecular flexibility index (Phi) is 5.08. The number of hydrogen-bond donors (Lipinski definition) is 2. The quantitative estimate of drug-likeness (QED) is 0.581. The van der Waals surface area contributed by atoms with Crippen molar-refractivity contribution >= 4 is 43.2 Å². The standard InChI is InChI=1S/C12H10Br2F2N2S/c13-7-5-11(19-12(7)14)10(18-17)4-6-8(15)2-1-3-9(6)16/h1-3,5,10,18H,4,17H2. The van der Waals surface area contributed by atoms with Crippen molar-refractivity contribution in [1.29, 1.82) is 0 Å². The Balaban J connectivity index is 2.29. The molecule has 0 saturated heterocycles. The van der Waals surface area contributed by atoms with Crippen LogP contribution in [0.3, 0.4) is 0 Å². The lowest BCUT2D eigenvalue weighted by molar-refractivity contribution is 0.504. The van der Waals surface area contributed by atoms with Crippen LogP contribution >= 0.6 is 43.2 Å². The predicted octanol–water partition coefficient (Wildman–Crippen LogP) is 4.30. The molecule has 1 aromatic carbocycles. The van der Waals surface area contributed by atoms with Gasteiger partial charge in [-0.05, 0) is 56.5 Å². The van der Waals surface area contributed by atoms with Gasteiger partial charge in [0.05, 0.1) is 9.83 Å². The summed E-state index contributed by atoms with van der Waals surface area (Å²) in [7, 11) is 0. The van der Waals surface area contributed by atoms with Gasteiger partial charge in [-0.1, -0.05) is 6.07 Å². The summed E-state index contributed by atoms with van der Waals surface area (Å²) in [5.74, 6) is 4.37. The third kappa shape index (κ3) is 3.41. The monoisotopic (exact) mass is 410 g/mol. The van der Waals surface area contributed by atoms with Crippen molar-refractivity contribution in [3.05, 3.63) is 54.6 Å². The topological polar surface area (TPSA) is 38.0 Å². The van der Waals surface area contributed by atoms with E-state index in [1.807, 2.05) is 6.07 Å². The Morgan fingerprint density at radius 2 is 1.89 bits per heavy atom. The third-order valence-corrected chi connectivity index (χ3v) is 6.05. The fraction of sp³-hybridized carbons (Fsp3) is 0.167. The molecule has 0 aliphatic carbocycles. The Labute approximate surface area is 130 Å². The molecule has 0 saturated carbocycles. The summed E-state index contributed by atoms with van der Waals surface area (Å²) < 4.78 is 29.1. The van der Waals surface area contributed by atoms with Gasteiger partial charge in [-0.15, -0.1) is 11.3 Å². The lowest BCUT2D eigenvalue weighted by atomic mass is 10.0. The van der Waals surface area contributed by atoms with E-state index in [2.05, 4.69) is 37.3 Å². The number of hydrogen-bond acceptors (Lipinski definition) is 3. The normalized spacial score (nSPS) is 12.7. The van der Waals surface area contributed by atoms with Gasteiger partial charge in [-0.2, -0.15) is 0 Å². The van der Waals surface area contributed by atoms with Gasteiger partial charge in [0.15, 0.2) is 0 Å². The second-order valence-corrected chi connectivity index (χ2v) is 7.15. The van der Waals surface area contributed by atoms with E-state index < -0.39 is 11.6 Å². The van der Waals surface area contributed by atoms with Crippen LogP contribution in [0.15, 0.2) is 32.5 Å². The Hall–Kier alpha value is -0.340. The third-order valence-electron chi connectivity index (χ3n) is 2.68. The number of halogens is 4. The minimum Gasteiger partial charge on any atom is -0.271 e. The molecule has 19 heavy (non-hydrogen) atoms. The molecule has 0 aliphatic heterocycles. The van der Waals surface area contributed by atoms with Crippen LogP contribution in [0.1, 0.15) is 16.5 Å². The van der Waals surface area contributed by atoms with E-state index in [0.29, 0.717) is 0 Å². The summed E-state index contributed by atoms with van der Waals surface area (Å²) in [6.07, 6.45) is 0.147. The summed E-state index contributed by atoms with van der Waals surface area (Å²) in [6.45, 7) is 0. The molecule has 2 rings (SSSR count). The molecule has 7 heteroatoms. The van der Waals surface area contributed by atoms with Crippen LogP contribution in [0.25, 0.3) is 0 Å². The van der Waals surface area contributed by atoms with Gasteiger partial charge in [0, 0.05) is 14.9 Å². The zero-order valence-corrected chi connectivity index (χ0v) is 13.6. The molecule has 0 bridgehead atoms. The van der Waals surface area contributed by atoms with E-state index >= 15 is 0 Å². The number of thiophene rings is 1. The number of rotatable bonds is 4. The van der Waals surface area contributed by atoms with Crippen LogP contribution in [0.4, 0.5) is 8.78 Å². The van der Waals surface area contributed by atoms with Gasteiger partial charge < -0.3 is 0 Å². The van der Waals surface area contributed by atoms with E-state index in [0.717, 1.165) is 13.1 Å². The van der Waals surface area contributed by atoms with Crippen molar-refractivity contribution in [3.8, 4) is 0 Å². The molecule has 0 aliphatic rings. The highest BCUT2D eigenvalue weighted by Crippen LogP contribution is 2.36. The summed E-state index contributed by atoms with van der Waals surface area (Å²) in [6, 6.07) is 5.35. The second kappa shape index (κ2) is 6.41. The summed E-state index contributed by atoms with van der Waals surface area (Å²) in [5.41, 5.74) is 2.63. The highest BCUT2D eigenvalue weighted by Gasteiger charge is 2.19. The van der Waals surface area contributed by atoms with Crippen LogP contribution in [0, 0.1) is 11.6 Å². The molecule has 2 nitrogen and oxygen atoms in total. The van der Waals surface area contributed by atoms with Gasteiger partial charge in [0.25, 0.3) is 0 Å². The molecule has 3 N–H and O–H groups in total. The first-order valence-corrected chi connectivity index (χ1v) is 7.77. The predicted molar refractivity (Wildman–Crippen MR) is 79.8 cm³/mol. The van der Waals surface area contributed by atoms with Crippen molar-refractivity contribution in [1.82, 2.24) is 5.43 Å². The maximum absolute atomic E-state index is 13.6. The van der Waals surface area contributed by atoms with E-state index in [4.69, 9.17) is 5.84 Å². The van der Waals surface area contributed by atoms with E-state index in [1.54, 1.807) is 0 Å². The molecule has 1 unspecified atom stereocenters. The minimum atomic E-state index is -0.560. The van der Waals surface area contributed by atoms with E-state index in [1.165, 1.54) is 29.5 Å². The lowest BCUT2D eigenvalue weighted by Gasteiger charge is -2.15. The van der Waals surface area contributed by atoms with Crippen molar-refractivity contribution < 1.29 is 8.78 Å². The van der Waals surface area contributed by atoms with Crippen molar-refractivity contribution in [2.24, 2.45) is 5.84 Å². The smallest absolute Gasteiger partial charge is 0.129 e. The highest BCUT2D eigenvalue weighted by atomic mass is 79.9. The minimum absolute atomic E-state index is 0.0334. The van der Waals surface area contributed by atoms with Crippen LogP contribution in [-0.2, 0) is 6.42 Å². The van der Waals surface area contributed by atoms with Crippen LogP contribution < -0.4 is 11.3 Å². The number of nitrogens with one attached hydrogen (secondary N) is 1. The number of hydrazine groups is 1. The van der Waals surface area contributed by atoms with Crippen molar-refractivity contribution in [2.45, 2.75) is 12.5 Å². The van der Waals surface area contributed by atoms with Gasteiger partial charge in [-0.25, -0.2) is 8.78 Å². The van der Waals surface area contributed by atoms with Gasteiger partial charge >= 0.3 is 0 Å². The zero-order chi connectivity index (χ0) is 14.0. The maximum Gasteiger partial charge on any atom is 0.129 e. The molecule has 2 aromatic rings. The Morgan fingerprint density at radius 1 is 1.26 bits per heavy atom. The summed E-state index contributed by atoms with van der Waals surface area (Å²) >= 11 is 8.22. The molecule has 1 heterocycles. The molecule has 0 radical (unpaired) electrons. The van der Waals surface area contributed by atoms with Gasteiger partial charge in [-0.3, -0.25) is 11.3 Å². The van der Waals surface area contributed by atoms with Crippen LogP contribution in [-0.4, -0.2) is 0 Å².